The number of hydrogen-bond acceptors (Lipinski definition) is 2. The van der Waals surface area contributed by atoms with Crippen LogP contribution in [0, 0.1) is 58.8 Å². The fourth-order valence-electron chi connectivity index (χ4n) is 11.4. The molecule has 7 aromatic carbocycles. The summed E-state index contributed by atoms with van der Waals surface area (Å²) >= 11 is 0. The summed E-state index contributed by atoms with van der Waals surface area (Å²) in [5.41, 5.74) is 10.2. The Labute approximate surface area is 459 Å². The molecule has 1 aliphatic rings. The van der Waals surface area contributed by atoms with Gasteiger partial charge < -0.3 is 9.47 Å². The number of nitrogens with zero attached hydrogens (tertiary/aromatic N) is 3. The highest BCUT2D eigenvalue weighted by Crippen LogP contribution is 2.52. The molecular weight excluding hydrogens is 997 g/mol. The fourth-order valence-corrected chi connectivity index (χ4v) is 11.4. The number of rotatable bonds is 10. The van der Waals surface area contributed by atoms with Gasteiger partial charge in [0.05, 0.1) is 39.7 Å². The highest BCUT2D eigenvalue weighted by Gasteiger charge is 2.42. The summed E-state index contributed by atoms with van der Waals surface area (Å²) in [7, 11) is 0. The molecule has 398 valence electrons. The fraction of sp³-hybridized carbons (Fsp3) is 0.186. The van der Waals surface area contributed by atoms with Crippen molar-refractivity contribution in [1.82, 2.24) is 4.57 Å². The summed E-state index contributed by atoms with van der Waals surface area (Å²) in [6.45, 7) is 29.8. The number of halogens is 6. The lowest BCUT2D eigenvalue weighted by molar-refractivity contribution is -0.142. The maximum absolute atomic E-state index is 15.6. The Kier molecular flexibility index (Phi) is 15.1. The molecule has 0 amide bonds. The second-order valence-corrected chi connectivity index (χ2v) is 21.1. The van der Waals surface area contributed by atoms with Gasteiger partial charge in [0.2, 0.25) is 0 Å². The molecule has 0 aliphatic carbocycles. The van der Waals surface area contributed by atoms with Crippen LogP contribution in [0.5, 0.6) is 0 Å². The van der Waals surface area contributed by atoms with Crippen molar-refractivity contribution in [2.75, 3.05) is 4.90 Å². The van der Waals surface area contributed by atoms with Crippen LogP contribution in [-0.2, 0) is 18.8 Å². The van der Waals surface area contributed by atoms with Gasteiger partial charge in [-0.1, -0.05) is 160 Å². The van der Waals surface area contributed by atoms with E-state index in [1.165, 1.54) is 18.2 Å². The molecule has 1 aliphatic heterocycles. The van der Waals surface area contributed by atoms with Gasteiger partial charge in [-0.05, 0) is 159 Å². The van der Waals surface area contributed by atoms with E-state index in [2.05, 4.69) is 100 Å². The molecule has 3 nitrogen and oxygen atoms in total. The first-order valence-electron chi connectivity index (χ1n) is 26.2. The van der Waals surface area contributed by atoms with Crippen molar-refractivity contribution >= 4 is 28.2 Å². The molecule has 0 fully saturated rings. The van der Waals surface area contributed by atoms with Gasteiger partial charge in [-0.3, -0.25) is 0 Å². The molecule has 1 unspecified atom stereocenters. The molecule has 0 saturated heterocycles. The Morgan fingerprint density at radius 2 is 1.19 bits per heavy atom. The summed E-state index contributed by atoms with van der Waals surface area (Å²) in [5.74, 6) is -0.273. The topological polar surface area (TPSA) is 32.0 Å². The normalized spacial score (nSPS) is 15.7. The standard InChI is InChI=1S/C70H61F6N3/c1-12-54-59-39-52(57-32-24-44(6)37-47(57)9)29-33-62(59)79(65(54)34-41(2)3)64-21-14-17-58(67-60(69(71,72)73)18-15-19-61(67)70(74,75)76)68(64)66-53(40-77)16-13-20-63(66)78-48(10)25-27-50(55-30-22-42(4)35-45(55)7)38-51(28-26-49(78)11)56-31-23-43(5)36-46(56)8/h12-33,35-39,41,50H,1,10-11,34H2,2-9H3/b27-25-,28-26-,51-38+. The van der Waals surface area contributed by atoms with Gasteiger partial charge >= 0.3 is 12.4 Å². The third kappa shape index (κ3) is 10.7. The number of allylic oxidation sites excluding steroid dienone is 6. The third-order valence-corrected chi connectivity index (χ3v) is 14.9. The molecular formula is C70H61F6N3. The number of aromatic nitrogens is 1. The van der Waals surface area contributed by atoms with E-state index >= 15 is 26.3 Å². The van der Waals surface area contributed by atoms with E-state index in [9.17, 15) is 5.26 Å². The van der Waals surface area contributed by atoms with Crippen LogP contribution >= 0.6 is 0 Å². The molecule has 0 spiro atoms. The largest absolute Gasteiger partial charge is 0.417 e. The number of hydrogen-bond donors (Lipinski definition) is 0. The number of benzene rings is 7. The van der Waals surface area contributed by atoms with Crippen molar-refractivity contribution in [1.29, 1.82) is 5.26 Å². The van der Waals surface area contributed by atoms with E-state index in [1.54, 1.807) is 29.2 Å². The van der Waals surface area contributed by atoms with E-state index < -0.39 is 29.0 Å². The van der Waals surface area contributed by atoms with Crippen molar-refractivity contribution in [2.45, 2.75) is 80.1 Å². The second kappa shape index (κ2) is 21.7. The Bertz CT molecular complexity index is 3890. The SMILES string of the molecule is C=Cc1c(CC(C)C)n(-c2cccc(-c3c(C(F)(F)F)cccc3C(F)(F)F)c2-c2c(C#N)cccc2N2C(=C)/C=C\C(c3ccc(C)cc3C)=C/C(c3ccc(C)cc3C)/C=C\C2=C)c2ccc(-c3ccc(C)cc3C)cc12. The number of aryl methyl sites for hydroxylation is 6. The number of fused-ring (bicyclic) bond motifs is 1. The number of nitriles is 1. The molecule has 9 heteroatoms. The lowest BCUT2D eigenvalue weighted by Crippen LogP contribution is -2.21. The number of alkyl halides is 6. The Balaban J connectivity index is 1.41. The maximum atomic E-state index is 15.6. The minimum Gasteiger partial charge on any atom is -0.312 e. The van der Waals surface area contributed by atoms with Crippen LogP contribution in [0.15, 0.2) is 189 Å². The second-order valence-electron chi connectivity index (χ2n) is 21.1. The van der Waals surface area contributed by atoms with Crippen LogP contribution in [0.2, 0.25) is 0 Å². The average molecular weight is 1060 g/mol. The molecule has 79 heavy (non-hydrogen) atoms. The summed E-state index contributed by atoms with van der Waals surface area (Å²) in [4.78, 5) is 1.72. The summed E-state index contributed by atoms with van der Waals surface area (Å²) in [6.07, 6.45) is 1.57. The van der Waals surface area contributed by atoms with E-state index in [-0.39, 0.29) is 45.5 Å². The maximum Gasteiger partial charge on any atom is 0.417 e. The van der Waals surface area contributed by atoms with Crippen molar-refractivity contribution in [3.63, 3.8) is 0 Å². The summed E-state index contributed by atoms with van der Waals surface area (Å²) in [5, 5.41) is 12.1. The molecule has 9 rings (SSSR count). The van der Waals surface area contributed by atoms with Gasteiger partial charge in [0, 0.05) is 50.6 Å². The first kappa shape index (κ1) is 55.2. The quantitative estimate of drug-likeness (QED) is 0.128. The van der Waals surface area contributed by atoms with Crippen LogP contribution in [0.3, 0.4) is 0 Å². The minimum absolute atomic E-state index is 0.0122. The average Bonchev–Trinajstić information content (AvgIpc) is 4.01. The van der Waals surface area contributed by atoms with Crippen LogP contribution < -0.4 is 4.90 Å². The molecule has 0 bridgehead atoms. The lowest BCUT2D eigenvalue weighted by atomic mass is 9.84. The molecule has 1 atom stereocenters. The lowest BCUT2D eigenvalue weighted by Gasteiger charge is -2.31. The Morgan fingerprint density at radius 1 is 0.608 bits per heavy atom. The van der Waals surface area contributed by atoms with Gasteiger partial charge in [0.1, 0.15) is 0 Å². The Hall–Kier alpha value is -8.61. The van der Waals surface area contributed by atoms with E-state index in [1.807, 2.05) is 88.6 Å². The van der Waals surface area contributed by atoms with E-state index in [4.69, 9.17) is 0 Å². The predicted molar refractivity (Wildman–Crippen MR) is 314 cm³/mol. The minimum atomic E-state index is -5.24. The Morgan fingerprint density at radius 3 is 1.78 bits per heavy atom. The molecule has 0 saturated carbocycles. The van der Waals surface area contributed by atoms with E-state index in [0.717, 1.165) is 83.9 Å². The zero-order valence-corrected chi connectivity index (χ0v) is 45.7. The van der Waals surface area contributed by atoms with Crippen molar-refractivity contribution in [3.05, 3.63) is 261 Å². The van der Waals surface area contributed by atoms with Crippen LogP contribution in [0.4, 0.5) is 32.0 Å². The molecule has 8 aromatic rings. The van der Waals surface area contributed by atoms with Crippen LogP contribution in [-0.4, -0.2) is 4.57 Å². The van der Waals surface area contributed by atoms with E-state index in [0.29, 0.717) is 35.5 Å². The predicted octanol–water partition coefficient (Wildman–Crippen LogP) is 20.1. The summed E-state index contributed by atoms with van der Waals surface area (Å²) in [6, 6.07) is 38.6. The zero-order valence-electron chi connectivity index (χ0n) is 45.7. The van der Waals surface area contributed by atoms with Gasteiger partial charge in [0.15, 0.2) is 0 Å². The first-order chi connectivity index (χ1) is 37.5. The van der Waals surface area contributed by atoms with Gasteiger partial charge in [-0.2, -0.15) is 31.6 Å². The summed E-state index contributed by atoms with van der Waals surface area (Å²) < 4.78 is 95.8. The molecule has 1 aromatic heterocycles. The van der Waals surface area contributed by atoms with Gasteiger partial charge in [-0.15, -0.1) is 0 Å². The van der Waals surface area contributed by atoms with Crippen molar-refractivity contribution in [3.8, 4) is 45.1 Å². The highest BCUT2D eigenvalue weighted by atomic mass is 19.4. The molecule has 0 radical (unpaired) electrons. The monoisotopic (exact) mass is 1060 g/mol. The molecule has 2 heterocycles. The van der Waals surface area contributed by atoms with Gasteiger partial charge in [0.25, 0.3) is 0 Å². The first-order valence-corrected chi connectivity index (χ1v) is 26.2. The van der Waals surface area contributed by atoms with Crippen molar-refractivity contribution < 1.29 is 26.3 Å². The highest BCUT2D eigenvalue weighted by molar-refractivity contribution is 6.02. The van der Waals surface area contributed by atoms with Crippen LogP contribution in [0.25, 0.3) is 61.6 Å². The smallest absolute Gasteiger partial charge is 0.312 e. The zero-order chi connectivity index (χ0) is 56.8. The van der Waals surface area contributed by atoms with Gasteiger partial charge in [-0.25, -0.2) is 0 Å². The number of anilines is 1. The molecule has 0 N–H and O–H groups in total. The van der Waals surface area contributed by atoms with Crippen molar-refractivity contribution in [2.24, 2.45) is 5.92 Å². The third-order valence-electron chi connectivity index (χ3n) is 14.9. The van der Waals surface area contributed by atoms with Crippen LogP contribution in [0.1, 0.15) is 92.2 Å².